The average molecular weight is 578 g/mol. The molecule has 1 aromatic carbocycles. The number of carbonyl (C=O) groups is 2. The standard InChI is InChI=1S/C20H24Br3N3O2/c1-4-26(5-2)9-8-24-18(27)12-14-6-7-17(25(14)3)20(28)15-10-13(21)11-16(22)19(15)23/h6-7,10-11H,4-5,8-9,12H2,1-3H3,(H,24,27). The van der Waals surface area contributed by atoms with Crippen LogP contribution in [0, 0.1) is 0 Å². The van der Waals surface area contributed by atoms with E-state index in [0.29, 0.717) is 22.3 Å². The Morgan fingerprint density at radius 1 is 1.11 bits per heavy atom. The van der Waals surface area contributed by atoms with Crippen LogP contribution >= 0.6 is 47.8 Å². The maximum absolute atomic E-state index is 13.0. The van der Waals surface area contributed by atoms with Gasteiger partial charge >= 0.3 is 0 Å². The highest BCUT2D eigenvalue weighted by molar-refractivity contribution is 9.13. The molecule has 152 valence electrons. The van der Waals surface area contributed by atoms with E-state index >= 15 is 0 Å². The number of ketones is 1. The van der Waals surface area contributed by atoms with Crippen molar-refractivity contribution in [2.24, 2.45) is 7.05 Å². The highest BCUT2D eigenvalue weighted by Crippen LogP contribution is 2.32. The van der Waals surface area contributed by atoms with E-state index in [1.54, 1.807) is 16.7 Å². The highest BCUT2D eigenvalue weighted by Gasteiger charge is 2.20. The summed E-state index contributed by atoms with van der Waals surface area (Å²) >= 11 is 10.3. The zero-order valence-corrected chi connectivity index (χ0v) is 20.9. The van der Waals surface area contributed by atoms with Crippen LogP contribution in [0.3, 0.4) is 0 Å². The number of carbonyl (C=O) groups excluding carboxylic acids is 2. The second-order valence-corrected chi connectivity index (χ2v) is 8.96. The predicted molar refractivity (Wildman–Crippen MR) is 123 cm³/mol. The van der Waals surface area contributed by atoms with E-state index in [0.717, 1.165) is 34.3 Å². The van der Waals surface area contributed by atoms with Crippen LogP contribution < -0.4 is 5.32 Å². The van der Waals surface area contributed by atoms with Crippen LogP contribution in [-0.4, -0.2) is 47.3 Å². The number of amides is 1. The molecular weight excluding hydrogens is 554 g/mol. The fraction of sp³-hybridized carbons (Fsp3) is 0.400. The molecule has 2 rings (SSSR count). The van der Waals surface area contributed by atoms with E-state index in [2.05, 4.69) is 71.9 Å². The van der Waals surface area contributed by atoms with E-state index in [9.17, 15) is 9.59 Å². The van der Waals surface area contributed by atoms with Gasteiger partial charge in [0.25, 0.3) is 0 Å². The average Bonchev–Trinajstić information content (AvgIpc) is 3.01. The van der Waals surface area contributed by atoms with Crippen LogP contribution in [0.4, 0.5) is 0 Å². The minimum absolute atomic E-state index is 0.0428. The molecule has 0 saturated carbocycles. The Hall–Kier alpha value is -0.960. The lowest BCUT2D eigenvalue weighted by Crippen LogP contribution is -2.35. The van der Waals surface area contributed by atoms with Gasteiger partial charge in [-0.2, -0.15) is 0 Å². The van der Waals surface area contributed by atoms with E-state index in [1.807, 2.05) is 19.2 Å². The number of hydrogen-bond acceptors (Lipinski definition) is 3. The van der Waals surface area contributed by atoms with Gasteiger partial charge in [-0.3, -0.25) is 9.59 Å². The maximum atomic E-state index is 13.0. The van der Waals surface area contributed by atoms with Crippen LogP contribution in [0.2, 0.25) is 0 Å². The zero-order chi connectivity index (χ0) is 20.8. The zero-order valence-electron chi connectivity index (χ0n) is 16.2. The van der Waals surface area contributed by atoms with Crippen molar-refractivity contribution in [3.05, 3.63) is 54.6 Å². The number of rotatable bonds is 9. The highest BCUT2D eigenvalue weighted by atomic mass is 79.9. The van der Waals surface area contributed by atoms with Gasteiger partial charge in [0, 0.05) is 44.8 Å². The minimum Gasteiger partial charge on any atom is -0.354 e. The predicted octanol–water partition coefficient (Wildman–Crippen LogP) is 4.54. The van der Waals surface area contributed by atoms with Gasteiger partial charge in [-0.15, -0.1) is 0 Å². The molecule has 0 bridgehead atoms. The Labute approximate surface area is 191 Å². The maximum Gasteiger partial charge on any atom is 0.225 e. The second-order valence-electron chi connectivity index (χ2n) is 6.40. The molecule has 0 aliphatic carbocycles. The summed E-state index contributed by atoms with van der Waals surface area (Å²) in [5.74, 6) is -0.150. The number of nitrogens with zero attached hydrogens (tertiary/aromatic N) is 2. The van der Waals surface area contributed by atoms with Gasteiger partial charge in [-0.25, -0.2) is 0 Å². The van der Waals surface area contributed by atoms with Crippen molar-refractivity contribution in [3.63, 3.8) is 0 Å². The number of hydrogen-bond donors (Lipinski definition) is 1. The molecule has 0 saturated heterocycles. The molecule has 0 radical (unpaired) electrons. The molecule has 2 aromatic rings. The Morgan fingerprint density at radius 3 is 2.43 bits per heavy atom. The van der Waals surface area contributed by atoms with Crippen molar-refractivity contribution in [3.8, 4) is 0 Å². The monoisotopic (exact) mass is 575 g/mol. The smallest absolute Gasteiger partial charge is 0.225 e. The van der Waals surface area contributed by atoms with Crippen molar-refractivity contribution in [2.45, 2.75) is 20.3 Å². The summed E-state index contributed by atoms with van der Waals surface area (Å²) in [5.41, 5.74) is 1.89. The lowest BCUT2D eigenvalue weighted by Gasteiger charge is -2.18. The summed E-state index contributed by atoms with van der Waals surface area (Å²) in [7, 11) is 1.81. The first-order valence-electron chi connectivity index (χ1n) is 9.11. The lowest BCUT2D eigenvalue weighted by atomic mass is 10.1. The molecule has 1 aromatic heterocycles. The van der Waals surface area contributed by atoms with Crippen LogP contribution in [0.15, 0.2) is 37.7 Å². The van der Waals surface area contributed by atoms with Gasteiger partial charge in [-0.05, 0) is 69.2 Å². The Bertz CT molecular complexity index is 861. The fourth-order valence-corrected chi connectivity index (χ4v) is 4.57. The molecule has 0 aliphatic heterocycles. The molecular formula is C20H24Br3N3O2. The van der Waals surface area contributed by atoms with Crippen molar-refractivity contribution < 1.29 is 9.59 Å². The summed E-state index contributed by atoms with van der Waals surface area (Å²) in [6, 6.07) is 7.25. The first-order valence-corrected chi connectivity index (χ1v) is 11.5. The summed E-state index contributed by atoms with van der Waals surface area (Å²) in [6.07, 6.45) is 0.241. The molecule has 5 nitrogen and oxygen atoms in total. The molecule has 0 atom stereocenters. The summed E-state index contributed by atoms with van der Waals surface area (Å²) in [4.78, 5) is 27.5. The minimum atomic E-state index is -0.107. The number of benzene rings is 1. The molecule has 0 fully saturated rings. The molecule has 1 N–H and O–H groups in total. The lowest BCUT2D eigenvalue weighted by molar-refractivity contribution is -0.120. The van der Waals surface area contributed by atoms with E-state index < -0.39 is 0 Å². The van der Waals surface area contributed by atoms with Gasteiger partial charge in [0.15, 0.2) is 0 Å². The number of nitrogens with one attached hydrogen (secondary N) is 1. The van der Waals surface area contributed by atoms with Crippen LogP contribution in [-0.2, 0) is 18.3 Å². The molecule has 0 aliphatic rings. The van der Waals surface area contributed by atoms with Crippen LogP contribution in [0.5, 0.6) is 0 Å². The molecule has 0 spiro atoms. The summed E-state index contributed by atoms with van der Waals surface area (Å²) < 4.78 is 4.10. The number of aromatic nitrogens is 1. The third-order valence-corrected chi connectivity index (χ3v) is 7.15. The quantitative estimate of drug-likeness (QED) is 0.352. The molecule has 1 heterocycles. The second kappa shape index (κ2) is 10.7. The summed E-state index contributed by atoms with van der Waals surface area (Å²) in [6.45, 7) is 7.61. The van der Waals surface area contributed by atoms with Gasteiger partial charge < -0.3 is 14.8 Å². The Balaban J connectivity index is 2.08. The SMILES string of the molecule is CCN(CC)CCNC(=O)Cc1ccc(C(=O)c2cc(Br)cc(Br)c2Br)n1C. The van der Waals surface area contributed by atoms with Crippen molar-refractivity contribution in [2.75, 3.05) is 26.2 Å². The van der Waals surface area contributed by atoms with Gasteiger partial charge in [0.05, 0.1) is 12.1 Å². The first kappa shape index (κ1) is 23.3. The van der Waals surface area contributed by atoms with Gasteiger partial charge in [0.2, 0.25) is 11.7 Å². The first-order chi connectivity index (χ1) is 13.3. The van der Waals surface area contributed by atoms with E-state index in [1.165, 1.54) is 0 Å². The Morgan fingerprint density at radius 2 is 1.79 bits per heavy atom. The van der Waals surface area contributed by atoms with Crippen molar-refractivity contribution in [1.29, 1.82) is 0 Å². The normalized spacial score (nSPS) is 11.1. The van der Waals surface area contributed by atoms with Gasteiger partial charge in [0.1, 0.15) is 0 Å². The third kappa shape index (κ3) is 5.78. The molecule has 8 heteroatoms. The number of likely N-dealkylation sites (N-methyl/N-ethyl adjacent to an activating group) is 1. The summed E-state index contributed by atoms with van der Waals surface area (Å²) in [5, 5.41) is 2.95. The van der Waals surface area contributed by atoms with Crippen LogP contribution in [0.1, 0.15) is 35.6 Å². The molecule has 28 heavy (non-hydrogen) atoms. The topological polar surface area (TPSA) is 54.3 Å². The van der Waals surface area contributed by atoms with E-state index in [4.69, 9.17) is 0 Å². The molecule has 0 unspecified atom stereocenters. The number of halogens is 3. The van der Waals surface area contributed by atoms with Crippen molar-refractivity contribution >= 4 is 59.5 Å². The fourth-order valence-electron chi connectivity index (χ4n) is 2.94. The Kier molecular flexibility index (Phi) is 8.92. The third-order valence-electron chi connectivity index (χ3n) is 4.68. The van der Waals surface area contributed by atoms with Crippen LogP contribution in [0.25, 0.3) is 0 Å². The van der Waals surface area contributed by atoms with E-state index in [-0.39, 0.29) is 18.1 Å². The molecule has 1 amide bonds. The van der Waals surface area contributed by atoms with Gasteiger partial charge in [-0.1, -0.05) is 29.8 Å². The largest absolute Gasteiger partial charge is 0.354 e. The van der Waals surface area contributed by atoms with Crippen molar-refractivity contribution in [1.82, 2.24) is 14.8 Å².